The fourth-order valence-corrected chi connectivity index (χ4v) is 3.06. The van der Waals surface area contributed by atoms with Crippen LogP contribution in [0.4, 0.5) is 11.4 Å². The smallest absolute Gasteiger partial charge is 0.253 e. The molecular weight excluding hydrogens is 350 g/mol. The van der Waals surface area contributed by atoms with Crippen LogP contribution in [0.5, 0.6) is 0 Å². The normalized spacial score (nSPS) is 13.2. The molecule has 0 aliphatic carbocycles. The highest BCUT2D eigenvalue weighted by Crippen LogP contribution is 2.20. The number of aryl methyl sites for hydroxylation is 1. The maximum absolute atomic E-state index is 12.6. The Bertz CT molecular complexity index is 924. The Morgan fingerprint density at radius 2 is 1.57 bits per heavy atom. The van der Waals surface area contributed by atoms with Gasteiger partial charge in [-0.3, -0.25) is 4.79 Å². The van der Waals surface area contributed by atoms with Gasteiger partial charge in [0.25, 0.3) is 5.91 Å². The van der Waals surface area contributed by atoms with Crippen LogP contribution in [0, 0.1) is 29.6 Å². The molecular formula is C22H21N5O. The van der Waals surface area contributed by atoms with Gasteiger partial charge in [0.05, 0.1) is 0 Å². The van der Waals surface area contributed by atoms with Gasteiger partial charge >= 0.3 is 0 Å². The van der Waals surface area contributed by atoms with Gasteiger partial charge in [0, 0.05) is 49.3 Å². The first-order chi connectivity index (χ1) is 13.6. The zero-order valence-corrected chi connectivity index (χ0v) is 15.7. The van der Waals surface area contributed by atoms with Gasteiger partial charge in [-0.05, 0) is 43.3 Å². The SMILES string of the molecule is Cc1ccc(C(=O)N2CCN(c3ccc(NC=C(C#N)C#N)cc3)CC2)cc1. The van der Waals surface area contributed by atoms with Gasteiger partial charge in [0.1, 0.15) is 17.7 Å². The number of nitrogens with zero attached hydrogens (tertiary/aromatic N) is 4. The van der Waals surface area contributed by atoms with Crippen LogP contribution in [0.25, 0.3) is 0 Å². The highest BCUT2D eigenvalue weighted by atomic mass is 16.2. The molecule has 1 heterocycles. The summed E-state index contributed by atoms with van der Waals surface area (Å²) < 4.78 is 0. The number of carbonyl (C=O) groups excluding carboxylic acids is 1. The van der Waals surface area contributed by atoms with Gasteiger partial charge in [-0.1, -0.05) is 17.7 Å². The summed E-state index contributed by atoms with van der Waals surface area (Å²) in [6.07, 6.45) is 1.39. The van der Waals surface area contributed by atoms with E-state index in [-0.39, 0.29) is 11.5 Å². The largest absolute Gasteiger partial charge is 0.368 e. The van der Waals surface area contributed by atoms with Crippen molar-refractivity contribution < 1.29 is 4.79 Å². The first kappa shape index (κ1) is 19.0. The van der Waals surface area contributed by atoms with Gasteiger partial charge in [-0.2, -0.15) is 10.5 Å². The molecule has 0 bridgehead atoms. The van der Waals surface area contributed by atoms with Crippen molar-refractivity contribution in [1.82, 2.24) is 4.90 Å². The molecule has 0 radical (unpaired) electrons. The van der Waals surface area contributed by atoms with Crippen LogP contribution in [0.15, 0.2) is 60.3 Å². The number of amides is 1. The summed E-state index contributed by atoms with van der Waals surface area (Å²) in [5.74, 6) is 0.0803. The summed E-state index contributed by atoms with van der Waals surface area (Å²) in [6, 6.07) is 19.1. The molecule has 140 valence electrons. The lowest BCUT2D eigenvalue weighted by atomic mass is 10.1. The summed E-state index contributed by atoms with van der Waals surface area (Å²) in [5.41, 5.74) is 3.79. The van der Waals surface area contributed by atoms with Crippen LogP contribution >= 0.6 is 0 Å². The molecule has 1 N–H and O–H groups in total. The number of allylic oxidation sites excluding steroid dienone is 1. The Morgan fingerprint density at radius 1 is 0.964 bits per heavy atom. The van der Waals surface area contributed by atoms with Gasteiger partial charge in [0.15, 0.2) is 0 Å². The molecule has 1 aliphatic heterocycles. The Morgan fingerprint density at radius 3 is 2.14 bits per heavy atom. The molecule has 0 unspecified atom stereocenters. The molecule has 0 aromatic heterocycles. The predicted octanol–water partition coefficient (Wildman–Crippen LogP) is 3.30. The molecule has 1 fully saturated rings. The Balaban J connectivity index is 1.57. The molecule has 1 saturated heterocycles. The molecule has 0 saturated carbocycles. The highest BCUT2D eigenvalue weighted by Gasteiger charge is 2.22. The second-order valence-corrected chi connectivity index (χ2v) is 6.62. The molecule has 3 rings (SSSR count). The fraction of sp³-hybridized carbons (Fsp3) is 0.227. The topological polar surface area (TPSA) is 83.2 Å². The number of benzene rings is 2. The molecule has 1 amide bonds. The first-order valence-electron chi connectivity index (χ1n) is 9.08. The van der Waals surface area contributed by atoms with E-state index in [2.05, 4.69) is 10.2 Å². The van der Waals surface area contributed by atoms with Crippen LogP contribution in [0.1, 0.15) is 15.9 Å². The van der Waals surface area contributed by atoms with Crippen molar-refractivity contribution in [3.05, 3.63) is 71.4 Å². The molecule has 6 nitrogen and oxygen atoms in total. The third-order valence-corrected chi connectivity index (χ3v) is 4.72. The number of rotatable bonds is 4. The molecule has 2 aromatic carbocycles. The molecule has 0 atom stereocenters. The molecule has 0 spiro atoms. The number of piperazine rings is 1. The average Bonchev–Trinajstić information content (AvgIpc) is 2.75. The molecule has 2 aromatic rings. The van der Waals surface area contributed by atoms with Crippen molar-refractivity contribution in [2.75, 3.05) is 36.4 Å². The number of hydrogen-bond acceptors (Lipinski definition) is 5. The van der Waals surface area contributed by atoms with Crippen molar-refractivity contribution in [3.63, 3.8) is 0 Å². The van der Waals surface area contributed by atoms with E-state index in [0.29, 0.717) is 13.1 Å². The number of carbonyl (C=O) groups is 1. The second-order valence-electron chi connectivity index (χ2n) is 6.62. The maximum atomic E-state index is 12.6. The quantitative estimate of drug-likeness (QED) is 0.834. The summed E-state index contributed by atoms with van der Waals surface area (Å²) in [5, 5.41) is 20.4. The predicted molar refractivity (Wildman–Crippen MR) is 109 cm³/mol. The standard InChI is InChI=1S/C22H21N5O/c1-17-2-4-19(5-3-17)22(28)27-12-10-26(11-13-27)21-8-6-20(7-9-21)25-16-18(14-23)15-24/h2-9,16,25H,10-13H2,1H3. The number of hydrogen-bond donors (Lipinski definition) is 1. The minimum Gasteiger partial charge on any atom is -0.368 e. The Labute approximate surface area is 164 Å². The number of nitriles is 2. The third-order valence-electron chi connectivity index (χ3n) is 4.72. The van der Waals surface area contributed by atoms with Gasteiger partial charge in [0.2, 0.25) is 0 Å². The van der Waals surface area contributed by atoms with Crippen LogP contribution in [0.2, 0.25) is 0 Å². The zero-order valence-electron chi connectivity index (χ0n) is 15.7. The van der Waals surface area contributed by atoms with Gasteiger partial charge in [-0.15, -0.1) is 0 Å². The highest BCUT2D eigenvalue weighted by molar-refractivity contribution is 5.94. The monoisotopic (exact) mass is 371 g/mol. The van der Waals surface area contributed by atoms with Gasteiger partial charge in [-0.25, -0.2) is 0 Å². The molecule has 6 heteroatoms. The minimum atomic E-state index is 0.0263. The number of anilines is 2. The Hall–Kier alpha value is -3.77. The zero-order chi connectivity index (χ0) is 19.9. The van der Waals surface area contributed by atoms with Crippen LogP contribution in [-0.4, -0.2) is 37.0 Å². The Kier molecular flexibility index (Phi) is 5.94. The molecule has 28 heavy (non-hydrogen) atoms. The van der Waals surface area contributed by atoms with E-state index in [1.165, 1.54) is 6.20 Å². The average molecular weight is 371 g/mol. The fourth-order valence-electron chi connectivity index (χ4n) is 3.06. The second kappa shape index (κ2) is 8.75. The van der Waals surface area contributed by atoms with E-state index >= 15 is 0 Å². The van der Waals surface area contributed by atoms with Crippen LogP contribution in [0.3, 0.4) is 0 Å². The summed E-state index contributed by atoms with van der Waals surface area (Å²) in [4.78, 5) is 16.8. The van der Waals surface area contributed by atoms with Gasteiger partial charge < -0.3 is 15.1 Å². The van der Waals surface area contributed by atoms with E-state index in [4.69, 9.17) is 10.5 Å². The van der Waals surface area contributed by atoms with Crippen LogP contribution < -0.4 is 10.2 Å². The summed E-state index contributed by atoms with van der Waals surface area (Å²) in [6.45, 7) is 4.93. The van der Waals surface area contributed by atoms with Crippen LogP contribution in [-0.2, 0) is 0 Å². The van der Waals surface area contributed by atoms with Crippen molar-refractivity contribution in [1.29, 1.82) is 10.5 Å². The summed E-state index contributed by atoms with van der Waals surface area (Å²) in [7, 11) is 0. The van der Waals surface area contributed by atoms with E-state index in [9.17, 15) is 4.79 Å². The lowest BCUT2D eigenvalue weighted by Gasteiger charge is -2.36. The lowest BCUT2D eigenvalue weighted by molar-refractivity contribution is 0.0747. The van der Waals surface area contributed by atoms with Crippen molar-refractivity contribution in [2.45, 2.75) is 6.92 Å². The molecule has 1 aliphatic rings. The maximum Gasteiger partial charge on any atom is 0.253 e. The van der Waals surface area contributed by atoms with Crippen molar-refractivity contribution in [2.24, 2.45) is 0 Å². The van der Waals surface area contributed by atoms with E-state index < -0.39 is 0 Å². The van der Waals surface area contributed by atoms with Crippen molar-refractivity contribution >= 4 is 17.3 Å². The van der Waals surface area contributed by atoms with E-state index in [1.807, 2.05) is 72.5 Å². The third kappa shape index (κ3) is 4.49. The minimum absolute atomic E-state index is 0.0263. The number of nitrogens with one attached hydrogen (secondary N) is 1. The summed E-state index contributed by atoms with van der Waals surface area (Å²) >= 11 is 0. The van der Waals surface area contributed by atoms with E-state index in [0.717, 1.165) is 35.6 Å². The first-order valence-corrected chi connectivity index (χ1v) is 9.08. The van der Waals surface area contributed by atoms with E-state index in [1.54, 1.807) is 0 Å². The van der Waals surface area contributed by atoms with Crippen molar-refractivity contribution in [3.8, 4) is 12.1 Å². The lowest BCUT2D eigenvalue weighted by Crippen LogP contribution is -2.48.